The first-order valence-electron chi connectivity index (χ1n) is 49.7. The van der Waals surface area contributed by atoms with Gasteiger partial charge in [0, 0.05) is 132 Å². The molecule has 0 unspecified atom stereocenters. The Hall–Kier alpha value is -12.9. The molecule has 0 spiro atoms. The van der Waals surface area contributed by atoms with Crippen LogP contribution in [0.1, 0.15) is 221 Å². The maximum absolute atomic E-state index is 2.41. The second kappa shape index (κ2) is 65.6. The van der Waals surface area contributed by atoms with Gasteiger partial charge in [0.2, 0.25) is 0 Å². The molecule has 0 radical (unpaired) electrons. The number of rotatable bonds is 4. The molecule has 0 saturated carbocycles. The van der Waals surface area contributed by atoms with Gasteiger partial charge in [0.15, 0.2) is 0 Å². The monoisotopic (exact) mass is 1770 g/mol. The molecule has 6 heteroatoms. The van der Waals surface area contributed by atoms with Crippen molar-refractivity contribution in [3.05, 3.63) is 363 Å². The number of hydrogen-bond donors (Lipinski definition) is 0. The van der Waals surface area contributed by atoms with Gasteiger partial charge in [-0.15, -0.1) is 0 Å². The quantitative estimate of drug-likeness (QED) is 0.161. The SMILES string of the molecule is C.CC.CC.CC.CC.CC.CC.CC.CC.CC.CC.CC.CC.CC.CC.CC.CN(c1ccccc1)c1ccccc1.Cc1ccc2c3ccccc3c3ccccc3c2c1.Cn1c2ccccc2c2cc(-n3c4ccccc4c4ccccc43)ccc21.Cn1c2ccccc2c2ccc3c4ccccc4n(-c4ccccc4)c3c21.Cn1c2ccccc2c2ccccc21. The topological polar surface area (TPSA) is 27.9 Å². The molecule has 5 heterocycles. The lowest BCUT2D eigenvalue weighted by atomic mass is 9.93. The molecule has 0 saturated heterocycles. The molecule has 0 aliphatic rings. The maximum atomic E-state index is 2.41. The van der Waals surface area contributed by atoms with Gasteiger partial charge in [-0.3, -0.25) is 0 Å². The van der Waals surface area contributed by atoms with E-state index in [0.717, 1.165) is 0 Å². The second-order valence-corrected chi connectivity index (χ2v) is 26.2. The van der Waals surface area contributed by atoms with Crippen molar-refractivity contribution >= 4 is 153 Å². The molecule has 0 N–H and O–H groups in total. The number of fused-ring (bicyclic) bond motifs is 22. The van der Waals surface area contributed by atoms with Crippen molar-refractivity contribution in [2.24, 2.45) is 21.1 Å². The zero-order valence-corrected chi connectivity index (χ0v) is 87.2. The van der Waals surface area contributed by atoms with Crippen molar-refractivity contribution in [1.82, 2.24) is 22.8 Å². The van der Waals surface area contributed by atoms with E-state index in [1.165, 1.54) is 170 Å². The van der Waals surface area contributed by atoms with Crippen molar-refractivity contribution in [2.45, 2.75) is 222 Å². The van der Waals surface area contributed by atoms with Gasteiger partial charge in [-0.1, -0.05) is 482 Å². The van der Waals surface area contributed by atoms with Crippen LogP contribution in [0.25, 0.3) is 153 Å². The summed E-state index contributed by atoms with van der Waals surface area (Å²) < 4.78 is 11.6. The summed E-state index contributed by atoms with van der Waals surface area (Å²) in [5.41, 5.74) is 18.8. The van der Waals surface area contributed by atoms with Crippen LogP contribution in [0.2, 0.25) is 0 Å². The van der Waals surface area contributed by atoms with Gasteiger partial charge in [-0.05, 0) is 136 Å². The number of benzene rings is 16. The van der Waals surface area contributed by atoms with Gasteiger partial charge in [0.25, 0.3) is 0 Å². The molecular formula is C126H168N6. The number of hydrogen-bond acceptors (Lipinski definition) is 1. The second-order valence-electron chi connectivity index (χ2n) is 26.2. The van der Waals surface area contributed by atoms with Gasteiger partial charge in [0.05, 0.1) is 27.6 Å². The van der Waals surface area contributed by atoms with E-state index in [2.05, 4.69) is 409 Å². The van der Waals surface area contributed by atoms with E-state index >= 15 is 0 Å². The molecule has 0 fully saturated rings. The number of para-hydroxylation sites is 10. The van der Waals surface area contributed by atoms with Crippen LogP contribution in [0.3, 0.4) is 0 Å². The predicted octanol–water partition coefficient (Wildman–Crippen LogP) is 41.1. The summed E-state index contributed by atoms with van der Waals surface area (Å²) in [5, 5.41) is 21.2. The molecule has 132 heavy (non-hydrogen) atoms. The number of aromatic nitrogens is 5. The van der Waals surface area contributed by atoms with Gasteiger partial charge in [-0.2, -0.15) is 0 Å². The Kier molecular flexibility index (Phi) is 58.2. The molecular weight excluding hydrogens is 1600 g/mol. The van der Waals surface area contributed by atoms with E-state index in [-0.39, 0.29) is 7.43 Å². The average Bonchev–Trinajstić information content (AvgIpc) is 1.55. The molecule has 702 valence electrons. The summed E-state index contributed by atoms with van der Waals surface area (Å²) in [7, 11) is 8.51. The van der Waals surface area contributed by atoms with E-state index in [1.807, 2.05) is 220 Å². The Bertz CT molecular complexity index is 6460. The van der Waals surface area contributed by atoms with Crippen LogP contribution in [-0.4, -0.2) is 29.9 Å². The van der Waals surface area contributed by atoms with E-state index in [1.54, 1.807) is 0 Å². The van der Waals surface area contributed by atoms with E-state index < -0.39 is 0 Å². The van der Waals surface area contributed by atoms with E-state index in [9.17, 15) is 0 Å². The summed E-state index contributed by atoms with van der Waals surface area (Å²) in [6.45, 7) is 62.2. The average molecular weight is 1770 g/mol. The van der Waals surface area contributed by atoms with Gasteiger partial charge in [-0.25, -0.2) is 0 Å². The molecule has 16 aromatic carbocycles. The highest BCUT2D eigenvalue weighted by Crippen LogP contribution is 2.42. The first-order valence-corrected chi connectivity index (χ1v) is 49.7. The Balaban J connectivity index is 0.000000780. The maximum Gasteiger partial charge on any atom is 0.0785 e. The highest BCUT2D eigenvalue weighted by Gasteiger charge is 2.20. The van der Waals surface area contributed by atoms with E-state index in [0.29, 0.717) is 0 Å². The smallest absolute Gasteiger partial charge is 0.0785 e. The summed E-state index contributed by atoms with van der Waals surface area (Å²) in [6, 6.07) is 127. The minimum atomic E-state index is 0. The van der Waals surface area contributed by atoms with Gasteiger partial charge < -0.3 is 27.7 Å². The van der Waals surface area contributed by atoms with Crippen molar-refractivity contribution in [3.8, 4) is 11.4 Å². The first-order chi connectivity index (χ1) is 64.8. The van der Waals surface area contributed by atoms with Crippen LogP contribution in [-0.2, 0) is 21.1 Å². The number of anilines is 2. The highest BCUT2D eigenvalue weighted by atomic mass is 15.1. The fourth-order valence-corrected chi connectivity index (χ4v) is 15.6. The Morgan fingerprint density at radius 3 is 0.742 bits per heavy atom. The molecule has 0 amide bonds. The molecule has 6 nitrogen and oxygen atoms in total. The lowest BCUT2D eigenvalue weighted by Gasteiger charge is -2.18. The fourth-order valence-electron chi connectivity index (χ4n) is 15.6. The zero-order valence-electron chi connectivity index (χ0n) is 87.2. The lowest BCUT2D eigenvalue weighted by Crippen LogP contribution is -2.08. The molecule has 0 atom stereocenters. The van der Waals surface area contributed by atoms with Crippen LogP contribution in [0.4, 0.5) is 11.4 Å². The number of nitrogens with zero attached hydrogens (tertiary/aromatic N) is 6. The van der Waals surface area contributed by atoms with Gasteiger partial charge >= 0.3 is 0 Å². The molecule has 5 aromatic heterocycles. The first kappa shape index (κ1) is 117. The van der Waals surface area contributed by atoms with Crippen molar-refractivity contribution in [3.63, 3.8) is 0 Å². The normalized spacial score (nSPS) is 9.42. The fraction of sp³-hybridized carbons (Fsp3) is 0.286. The third-order valence-electron chi connectivity index (χ3n) is 20.5. The Morgan fingerprint density at radius 2 is 0.394 bits per heavy atom. The van der Waals surface area contributed by atoms with Crippen LogP contribution in [0.5, 0.6) is 0 Å². The van der Waals surface area contributed by atoms with Gasteiger partial charge in [0.1, 0.15) is 0 Å². The third-order valence-corrected chi connectivity index (χ3v) is 20.5. The highest BCUT2D eigenvalue weighted by molar-refractivity contribution is 6.26. The zero-order chi connectivity index (χ0) is 98.1. The Morgan fingerprint density at radius 1 is 0.167 bits per heavy atom. The molecule has 0 aliphatic heterocycles. The van der Waals surface area contributed by atoms with Crippen LogP contribution >= 0.6 is 0 Å². The van der Waals surface area contributed by atoms with Crippen LogP contribution < -0.4 is 4.90 Å². The molecule has 21 rings (SSSR count). The summed E-state index contributed by atoms with van der Waals surface area (Å²) in [5.74, 6) is 0. The van der Waals surface area contributed by atoms with Crippen molar-refractivity contribution in [1.29, 1.82) is 0 Å². The minimum absolute atomic E-state index is 0. The molecule has 0 bridgehead atoms. The predicted molar refractivity (Wildman–Crippen MR) is 612 cm³/mol. The molecule has 0 aliphatic carbocycles. The van der Waals surface area contributed by atoms with Crippen LogP contribution in [0.15, 0.2) is 358 Å². The van der Waals surface area contributed by atoms with Crippen LogP contribution in [0, 0.1) is 6.92 Å². The van der Waals surface area contributed by atoms with Crippen molar-refractivity contribution < 1.29 is 0 Å². The summed E-state index contributed by atoms with van der Waals surface area (Å²) in [6.07, 6.45) is 0. The van der Waals surface area contributed by atoms with Crippen molar-refractivity contribution in [2.75, 3.05) is 11.9 Å². The summed E-state index contributed by atoms with van der Waals surface area (Å²) in [4.78, 5) is 2.17. The standard InChI is InChI=1S/2C25H18N2.C19H14.C13H11N.C13H13N.15C2H6.CH4/c1-26-22-11-5-2-10-20(22)21-16-17(14-15-23(21)26)27-24-12-6-3-8-18(24)19-9-4-7-13-25(19)27;1-26-22-13-7-5-11-18(22)20-15-16-21-19-12-6-8-14-23(19)27(25(21)24(20)26)17-9-3-2-4-10-17;1-13-10-11-18-16-8-3-2-6-14(16)15-7-4-5-9-17(15)19(18)12-13;1-14-12-8-4-2-6-10(12)11-7-3-5-9-13(11)14;1-14(12-8-4-2-5-9-12)13-10-6-3-7-11-13;15*1-2;/h2*2-16H,1H3;2-12H,1H3;2-9H,1H3;2-11H,1H3;15*1-2H3;1H4. The Labute approximate surface area is 800 Å². The largest absolute Gasteiger partial charge is 0.345 e. The summed E-state index contributed by atoms with van der Waals surface area (Å²) >= 11 is 0. The molecule has 21 aromatic rings. The lowest BCUT2D eigenvalue weighted by molar-refractivity contribution is 1.01. The number of aryl methyl sites for hydroxylation is 4. The third kappa shape index (κ3) is 27.2. The minimum Gasteiger partial charge on any atom is -0.345 e. The van der Waals surface area contributed by atoms with E-state index in [4.69, 9.17) is 0 Å².